The molecule has 1 aromatic rings. The Morgan fingerprint density at radius 1 is 1.44 bits per heavy atom. The number of halogens is 1. The molecule has 0 atom stereocenters. The highest BCUT2D eigenvalue weighted by Gasteiger charge is 2.20. The lowest BCUT2D eigenvalue weighted by Gasteiger charge is -2.13. The zero-order chi connectivity index (χ0) is 13.1. The molecule has 0 spiro atoms. The fourth-order valence-electron chi connectivity index (χ4n) is 1.94. The van der Waals surface area contributed by atoms with Gasteiger partial charge in [-0.2, -0.15) is 0 Å². The first-order valence-electron chi connectivity index (χ1n) is 6.76. The van der Waals surface area contributed by atoms with Gasteiger partial charge in [-0.3, -0.25) is 0 Å². The van der Waals surface area contributed by atoms with Crippen LogP contribution in [0.1, 0.15) is 37.8 Å². The fraction of sp³-hybridized carbons (Fsp3) is 0.500. The van der Waals surface area contributed by atoms with Gasteiger partial charge >= 0.3 is 0 Å². The van der Waals surface area contributed by atoms with Gasteiger partial charge in [0.1, 0.15) is 5.82 Å². The number of benzene rings is 1. The molecule has 1 aromatic carbocycles. The predicted octanol–water partition coefficient (Wildman–Crippen LogP) is 3.93. The standard InChI is InChI=1S/C16H22FN/c1-11(2)14(10-18-16-6-7-16)8-13-9-15(17)5-4-12(13)3/h4-5,8-9,11,16,18H,6-7,10H2,1-3H3/b14-8+. The lowest BCUT2D eigenvalue weighted by molar-refractivity contribution is 0.626. The molecular weight excluding hydrogens is 225 g/mol. The molecule has 0 aliphatic heterocycles. The molecule has 1 fully saturated rings. The Labute approximate surface area is 109 Å². The Morgan fingerprint density at radius 3 is 2.78 bits per heavy atom. The highest BCUT2D eigenvalue weighted by Crippen LogP contribution is 2.22. The highest BCUT2D eigenvalue weighted by molar-refractivity contribution is 5.57. The molecule has 18 heavy (non-hydrogen) atoms. The van der Waals surface area contributed by atoms with E-state index in [0.29, 0.717) is 12.0 Å². The summed E-state index contributed by atoms with van der Waals surface area (Å²) in [5.41, 5.74) is 3.47. The van der Waals surface area contributed by atoms with Crippen molar-refractivity contribution in [2.24, 2.45) is 5.92 Å². The van der Waals surface area contributed by atoms with Gasteiger partial charge < -0.3 is 5.32 Å². The molecule has 98 valence electrons. The molecule has 1 saturated carbocycles. The van der Waals surface area contributed by atoms with Gasteiger partial charge in [0, 0.05) is 12.6 Å². The van der Waals surface area contributed by atoms with Gasteiger partial charge in [-0.25, -0.2) is 4.39 Å². The minimum Gasteiger partial charge on any atom is -0.310 e. The van der Waals surface area contributed by atoms with Crippen molar-refractivity contribution >= 4 is 6.08 Å². The van der Waals surface area contributed by atoms with E-state index >= 15 is 0 Å². The third-order valence-electron chi connectivity index (χ3n) is 3.50. The molecule has 2 heteroatoms. The maximum atomic E-state index is 13.3. The molecule has 0 radical (unpaired) electrons. The van der Waals surface area contributed by atoms with Crippen LogP contribution < -0.4 is 5.32 Å². The summed E-state index contributed by atoms with van der Waals surface area (Å²) in [5, 5.41) is 3.53. The van der Waals surface area contributed by atoms with E-state index in [-0.39, 0.29) is 5.82 Å². The maximum Gasteiger partial charge on any atom is 0.123 e. The lowest BCUT2D eigenvalue weighted by atomic mass is 9.98. The van der Waals surface area contributed by atoms with Crippen LogP contribution in [0.3, 0.4) is 0 Å². The van der Waals surface area contributed by atoms with Crippen molar-refractivity contribution in [3.05, 3.63) is 40.7 Å². The topological polar surface area (TPSA) is 12.0 Å². The maximum absolute atomic E-state index is 13.3. The Balaban J connectivity index is 2.16. The largest absolute Gasteiger partial charge is 0.310 e. The smallest absolute Gasteiger partial charge is 0.123 e. The highest BCUT2D eigenvalue weighted by atomic mass is 19.1. The summed E-state index contributed by atoms with van der Waals surface area (Å²) >= 11 is 0. The molecule has 0 bridgehead atoms. The van der Waals surface area contributed by atoms with Gasteiger partial charge in [-0.05, 0) is 48.9 Å². The average molecular weight is 247 g/mol. The summed E-state index contributed by atoms with van der Waals surface area (Å²) in [6.07, 6.45) is 4.73. The Kier molecular flexibility index (Phi) is 4.18. The molecular formula is C16H22FN. The quantitative estimate of drug-likeness (QED) is 0.831. The van der Waals surface area contributed by atoms with Crippen LogP contribution in [-0.4, -0.2) is 12.6 Å². The number of aryl methyl sites for hydroxylation is 1. The number of hydrogen-bond donors (Lipinski definition) is 1. The van der Waals surface area contributed by atoms with E-state index < -0.39 is 0 Å². The van der Waals surface area contributed by atoms with Gasteiger partial charge in [-0.1, -0.05) is 31.6 Å². The van der Waals surface area contributed by atoms with E-state index in [1.54, 1.807) is 6.07 Å². The number of nitrogens with one attached hydrogen (secondary N) is 1. The predicted molar refractivity (Wildman–Crippen MR) is 75.0 cm³/mol. The monoisotopic (exact) mass is 247 g/mol. The summed E-state index contributed by atoms with van der Waals surface area (Å²) in [6, 6.07) is 5.69. The van der Waals surface area contributed by atoms with Crippen LogP contribution in [0.2, 0.25) is 0 Å². The van der Waals surface area contributed by atoms with Crippen molar-refractivity contribution in [3.8, 4) is 0 Å². The van der Waals surface area contributed by atoms with E-state index in [1.807, 2.05) is 13.0 Å². The molecule has 0 saturated heterocycles. The van der Waals surface area contributed by atoms with Gasteiger partial charge in [-0.15, -0.1) is 0 Å². The van der Waals surface area contributed by atoms with E-state index in [4.69, 9.17) is 0 Å². The van der Waals surface area contributed by atoms with Crippen LogP contribution in [0, 0.1) is 18.7 Å². The van der Waals surface area contributed by atoms with Crippen molar-refractivity contribution in [1.82, 2.24) is 5.32 Å². The minimum absolute atomic E-state index is 0.162. The average Bonchev–Trinajstić information content (AvgIpc) is 3.12. The minimum atomic E-state index is -0.162. The second-order valence-electron chi connectivity index (χ2n) is 5.53. The van der Waals surface area contributed by atoms with Crippen LogP contribution in [0.4, 0.5) is 4.39 Å². The van der Waals surface area contributed by atoms with Crippen molar-refractivity contribution in [2.75, 3.05) is 6.54 Å². The molecule has 1 nitrogen and oxygen atoms in total. The van der Waals surface area contributed by atoms with E-state index in [0.717, 1.165) is 17.7 Å². The summed E-state index contributed by atoms with van der Waals surface area (Å²) in [7, 11) is 0. The van der Waals surface area contributed by atoms with Crippen molar-refractivity contribution < 1.29 is 4.39 Å². The van der Waals surface area contributed by atoms with Crippen LogP contribution in [-0.2, 0) is 0 Å². The number of rotatable bonds is 5. The summed E-state index contributed by atoms with van der Waals surface area (Å²) < 4.78 is 13.3. The fourth-order valence-corrected chi connectivity index (χ4v) is 1.94. The first-order valence-corrected chi connectivity index (χ1v) is 6.76. The molecule has 0 unspecified atom stereocenters. The second-order valence-corrected chi connectivity index (χ2v) is 5.53. The van der Waals surface area contributed by atoms with Crippen molar-refractivity contribution in [2.45, 2.75) is 39.7 Å². The van der Waals surface area contributed by atoms with Crippen molar-refractivity contribution in [1.29, 1.82) is 0 Å². The van der Waals surface area contributed by atoms with Crippen LogP contribution in [0.25, 0.3) is 6.08 Å². The zero-order valence-electron chi connectivity index (χ0n) is 11.5. The molecule has 1 aliphatic rings. The molecule has 0 heterocycles. The molecule has 1 N–H and O–H groups in total. The zero-order valence-corrected chi connectivity index (χ0v) is 11.5. The van der Waals surface area contributed by atoms with Crippen LogP contribution in [0.15, 0.2) is 23.8 Å². The lowest BCUT2D eigenvalue weighted by Crippen LogP contribution is -2.21. The first kappa shape index (κ1) is 13.3. The SMILES string of the molecule is Cc1ccc(F)cc1/C=C(\CNC1CC1)C(C)C. The summed E-state index contributed by atoms with van der Waals surface area (Å²) in [6.45, 7) is 7.32. The first-order chi connectivity index (χ1) is 8.56. The molecule has 2 rings (SSSR count). The van der Waals surface area contributed by atoms with E-state index in [1.165, 1.54) is 24.5 Å². The van der Waals surface area contributed by atoms with E-state index in [2.05, 4.69) is 25.2 Å². The van der Waals surface area contributed by atoms with Gasteiger partial charge in [0.25, 0.3) is 0 Å². The summed E-state index contributed by atoms with van der Waals surface area (Å²) in [4.78, 5) is 0. The normalized spacial score (nSPS) is 16.4. The number of hydrogen-bond acceptors (Lipinski definition) is 1. The van der Waals surface area contributed by atoms with E-state index in [9.17, 15) is 4.39 Å². The Hall–Kier alpha value is -1.15. The van der Waals surface area contributed by atoms with Gasteiger partial charge in [0.05, 0.1) is 0 Å². The second kappa shape index (κ2) is 5.66. The Morgan fingerprint density at radius 2 is 2.17 bits per heavy atom. The summed E-state index contributed by atoms with van der Waals surface area (Å²) in [5.74, 6) is 0.323. The molecule has 0 aromatic heterocycles. The van der Waals surface area contributed by atoms with Crippen LogP contribution >= 0.6 is 0 Å². The van der Waals surface area contributed by atoms with Gasteiger partial charge in [0.2, 0.25) is 0 Å². The molecule has 0 amide bonds. The molecule has 1 aliphatic carbocycles. The Bertz CT molecular complexity index is 444. The third-order valence-corrected chi connectivity index (χ3v) is 3.50. The third kappa shape index (κ3) is 3.67. The van der Waals surface area contributed by atoms with Crippen LogP contribution in [0.5, 0.6) is 0 Å². The van der Waals surface area contributed by atoms with Gasteiger partial charge in [0.15, 0.2) is 0 Å². The van der Waals surface area contributed by atoms with Crippen molar-refractivity contribution in [3.63, 3.8) is 0 Å².